The molecule has 0 aromatic rings. The Hall–Kier alpha value is -1.58. The van der Waals surface area contributed by atoms with Crippen LogP contribution in [0.2, 0.25) is 0 Å². The first-order valence-corrected chi connectivity index (χ1v) is 10.1. The van der Waals surface area contributed by atoms with Crippen LogP contribution in [0.4, 0.5) is 0 Å². The maximum Gasteiger partial charge on any atom is 0.168 e. The number of carbonyl (C=O) groups excluding carboxylic acids is 1. The minimum absolute atomic E-state index is 0.0206. The van der Waals surface area contributed by atoms with E-state index in [0.717, 1.165) is 11.8 Å². The highest BCUT2D eigenvalue weighted by molar-refractivity contribution is 6.22. The second kappa shape index (κ2) is 7.21. The van der Waals surface area contributed by atoms with Gasteiger partial charge in [-0.3, -0.25) is 4.79 Å². The number of hydrogen-bond donors (Lipinski definition) is 1. The molecule has 4 nitrogen and oxygen atoms in total. The van der Waals surface area contributed by atoms with E-state index in [1.165, 1.54) is 12.8 Å². The van der Waals surface area contributed by atoms with Gasteiger partial charge in [0.25, 0.3) is 0 Å². The lowest BCUT2D eigenvalue weighted by Crippen LogP contribution is -2.56. The average Bonchev–Trinajstić information content (AvgIpc) is 2.59. The molecule has 5 unspecified atom stereocenters. The molecular weight excluding hydrogens is 326 g/mol. The second-order valence-electron chi connectivity index (χ2n) is 9.01. The third-order valence-electron chi connectivity index (χ3n) is 7.48. The molecule has 0 saturated heterocycles. The smallest absolute Gasteiger partial charge is 0.168 e. The lowest BCUT2D eigenvalue weighted by atomic mass is 9.42. The van der Waals surface area contributed by atoms with Gasteiger partial charge in [-0.15, -0.1) is 0 Å². The fourth-order valence-corrected chi connectivity index (χ4v) is 5.82. The van der Waals surface area contributed by atoms with Gasteiger partial charge in [0, 0.05) is 12.8 Å². The quantitative estimate of drug-likeness (QED) is 0.312. The van der Waals surface area contributed by atoms with E-state index in [1.54, 1.807) is 6.08 Å². The van der Waals surface area contributed by atoms with Crippen molar-refractivity contribution < 1.29 is 14.7 Å². The molecule has 5 atom stereocenters. The molecule has 3 fully saturated rings. The van der Waals surface area contributed by atoms with Gasteiger partial charge < -0.3 is 9.94 Å². The third-order valence-corrected chi connectivity index (χ3v) is 7.48. The summed E-state index contributed by atoms with van der Waals surface area (Å²) in [7, 11) is 0. The van der Waals surface area contributed by atoms with Crippen LogP contribution in [-0.4, -0.2) is 23.2 Å². The number of nitrogens with zero attached hydrogens (tertiary/aromatic N) is 1. The zero-order chi connectivity index (χ0) is 19.1. The van der Waals surface area contributed by atoms with Gasteiger partial charge in [0.2, 0.25) is 0 Å². The maximum atomic E-state index is 12.8. The van der Waals surface area contributed by atoms with E-state index in [1.807, 2.05) is 6.92 Å². The molecule has 4 aliphatic carbocycles. The molecule has 0 amide bonds. The van der Waals surface area contributed by atoms with Crippen molar-refractivity contribution in [3.63, 3.8) is 0 Å². The number of fused-ring (bicyclic) bond motifs is 2. The van der Waals surface area contributed by atoms with Gasteiger partial charge in [0.05, 0.1) is 11.3 Å². The highest BCUT2D eigenvalue weighted by atomic mass is 16.6. The Kier molecular flexibility index (Phi) is 5.32. The van der Waals surface area contributed by atoms with Crippen molar-refractivity contribution in [2.75, 3.05) is 6.61 Å². The van der Waals surface area contributed by atoms with E-state index in [0.29, 0.717) is 54.4 Å². The van der Waals surface area contributed by atoms with Crippen LogP contribution in [0.25, 0.3) is 0 Å². The number of aliphatic hydroxyl groups excluding tert-OH is 1. The minimum Gasteiger partial charge on any atom is -0.511 e. The van der Waals surface area contributed by atoms with Crippen molar-refractivity contribution >= 4 is 11.5 Å². The zero-order valence-electron chi connectivity index (χ0n) is 16.6. The van der Waals surface area contributed by atoms with Gasteiger partial charge in [-0.05, 0) is 54.3 Å². The molecule has 0 radical (unpaired) electrons. The molecule has 4 heteroatoms. The van der Waals surface area contributed by atoms with Crippen LogP contribution in [0.5, 0.6) is 0 Å². The van der Waals surface area contributed by atoms with Crippen LogP contribution in [0.3, 0.4) is 0 Å². The number of hydrogen-bond acceptors (Lipinski definition) is 4. The number of aliphatic hydroxyl groups is 1. The molecule has 1 N–H and O–H groups in total. The van der Waals surface area contributed by atoms with E-state index in [4.69, 9.17) is 4.84 Å². The largest absolute Gasteiger partial charge is 0.511 e. The molecule has 4 aliphatic rings. The van der Waals surface area contributed by atoms with Crippen molar-refractivity contribution in [3.05, 3.63) is 24.0 Å². The van der Waals surface area contributed by atoms with Crippen LogP contribution >= 0.6 is 0 Å². The molecule has 0 spiro atoms. The van der Waals surface area contributed by atoms with Crippen LogP contribution in [0, 0.1) is 35.0 Å². The monoisotopic (exact) mass is 359 g/mol. The van der Waals surface area contributed by atoms with E-state index in [-0.39, 0.29) is 17.5 Å². The molecule has 0 aromatic carbocycles. The molecular formula is C22H33NO3. The second-order valence-corrected chi connectivity index (χ2v) is 9.01. The predicted molar refractivity (Wildman–Crippen MR) is 104 cm³/mol. The van der Waals surface area contributed by atoms with Gasteiger partial charge in [0.1, 0.15) is 12.4 Å². The van der Waals surface area contributed by atoms with Crippen LogP contribution < -0.4 is 0 Å². The van der Waals surface area contributed by atoms with Crippen molar-refractivity contribution in [1.29, 1.82) is 0 Å². The predicted octanol–water partition coefficient (Wildman–Crippen LogP) is 5.06. The Labute approximate surface area is 157 Å². The molecule has 26 heavy (non-hydrogen) atoms. The summed E-state index contributed by atoms with van der Waals surface area (Å²) in [5, 5.41) is 14.7. The fourth-order valence-electron chi connectivity index (χ4n) is 5.82. The third kappa shape index (κ3) is 3.12. The SMILES string of the molecule is C=CCON=C(CC)C1=C(O)CC(C2CC3CC(C2C)C3(C)C)CC1=O. The van der Waals surface area contributed by atoms with Crippen molar-refractivity contribution in [1.82, 2.24) is 0 Å². The topological polar surface area (TPSA) is 58.9 Å². The van der Waals surface area contributed by atoms with Gasteiger partial charge in [-0.1, -0.05) is 45.5 Å². The number of ketones is 1. The Balaban J connectivity index is 1.76. The zero-order valence-corrected chi connectivity index (χ0v) is 16.6. The number of carbonyl (C=O) groups is 1. The Bertz CT molecular complexity index is 646. The van der Waals surface area contributed by atoms with Crippen LogP contribution in [0.15, 0.2) is 29.1 Å². The highest BCUT2D eigenvalue weighted by Gasteiger charge is 2.57. The lowest BCUT2D eigenvalue weighted by molar-refractivity contribution is -0.144. The lowest BCUT2D eigenvalue weighted by Gasteiger charge is -2.63. The summed E-state index contributed by atoms with van der Waals surface area (Å²) in [6.07, 6.45) is 5.82. The average molecular weight is 360 g/mol. The number of rotatable bonds is 6. The first-order valence-electron chi connectivity index (χ1n) is 10.1. The summed E-state index contributed by atoms with van der Waals surface area (Å²) in [5.74, 6) is 3.18. The van der Waals surface area contributed by atoms with Crippen molar-refractivity contribution in [2.45, 2.75) is 59.8 Å². The van der Waals surface area contributed by atoms with E-state index in [2.05, 4.69) is 32.5 Å². The number of allylic oxidation sites excluding steroid dienone is 2. The number of oxime groups is 1. The van der Waals surface area contributed by atoms with E-state index in [9.17, 15) is 9.90 Å². The fraction of sp³-hybridized carbons (Fsp3) is 0.727. The standard InChI is InChI=1S/C22H33NO3/c1-6-8-26-23-18(7-2)21-19(24)9-14(10-20(21)25)16-11-15-12-17(13(16)3)22(15,4)5/h6,13-17,24H,1,7-12H2,2-5H3. The summed E-state index contributed by atoms with van der Waals surface area (Å²) in [6, 6.07) is 0. The summed E-state index contributed by atoms with van der Waals surface area (Å²) < 4.78 is 0. The van der Waals surface area contributed by atoms with E-state index < -0.39 is 0 Å². The molecule has 0 aromatic heterocycles. The van der Waals surface area contributed by atoms with Gasteiger partial charge in [-0.25, -0.2) is 0 Å². The normalized spacial score (nSPS) is 36.5. The summed E-state index contributed by atoms with van der Waals surface area (Å²) in [5.41, 5.74) is 1.39. The van der Waals surface area contributed by atoms with Crippen LogP contribution in [0.1, 0.15) is 59.8 Å². The molecule has 0 aliphatic heterocycles. The highest BCUT2D eigenvalue weighted by Crippen LogP contribution is 2.64. The summed E-state index contributed by atoms with van der Waals surface area (Å²) in [6.45, 7) is 13.0. The molecule has 144 valence electrons. The van der Waals surface area contributed by atoms with Gasteiger partial charge >= 0.3 is 0 Å². The van der Waals surface area contributed by atoms with Gasteiger partial charge in [0.15, 0.2) is 5.78 Å². The first-order chi connectivity index (χ1) is 12.3. The van der Waals surface area contributed by atoms with Crippen molar-refractivity contribution in [3.8, 4) is 0 Å². The number of Topliss-reactive ketones (excluding diaryl/α,β-unsaturated/α-hetero) is 1. The Morgan fingerprint density at radius 1 is 1.38 bits per heavy atom. The molecule has 3 saturated carbocycles. The Morgan fingerprint density at radius 2 is 2.12 bits per heavy atom. The summed E-state index contributed by atoms with van der Waals surface area (Å²) >= 11 is 0. The first kappa shape index (κ1) is 19.2. The van der Waals surface area contributed by atoms with Crippen LogP contribution in [-0.2, 0) is 9.63 Å². The van der Waals surface area contributed by atoms with E-state index >= 15 is 0 Å². The summed E-state index contributed by atoms with van der Waals surface area (Å²) in [4.78, 5) is 18.0. The Morgan fingerprint density at radius 3 is 2.65 bits per heavy atom. The van der Waals surface area contributed by atoms with Crippen molar-refractivity contribution in [2.24, 2.45) is 40.2 Å². The maximum absolute atomic E-state index is 12.8. The minimum atomic E-state index is 0.0206. The molecule has 2 bridgehead atoms. The molecule has 0 heterocycles. The molecule has 4 rings (SSSR count). The van der Waals surface area contributed by atoms with Gasteiger partial charge in [-0.2, -0.15) is 0 Å².